The highest BCUT2D eigenvalue weighted by Crippen LogP contribution is 2.29. The van der Waals surface area contributed by atoms with E-state index in [1.54, 1.807) is 0 Å². The number of rotatable bonds is 4. The quantitative estimate of drug-likeness (QED) is 0.928. The molecule has 1 aliphatic carbocycles. The van der Waals surface area contributed by atoms with Crippen LogP contribution in [0, 0.1) is 5.92 Å². The van der Waals surface area contributed by atoms with Crippen molar-refractivity contribution >= 4 is 5.91 Å². The fourth-order valence-electron chi connectivity index (χ4n) is 4.09. The molecule has 2 fully saturated rings. The minimum atomic E-state index is 0.182. The van der Waals surface area contributed by atoms with Gasteiger partial charge in [-0.2, -0.15) is 0 Å². The third-order valence-electron chi connectivity index (χ3n) is 5.33. The van der Waals surface area contributed by atoms with Crippen LogP contribution in [0.4, 0.5) is 0 Å². The van der Waals surface area contributed by atoms with Crippen molar-refractivity contribution in [2.24, 2.45) is 11.7 Å². The van der Waals surface area contributed by atoms with E-state index in [0.717, 1.165) is 57.9 Å². The predicted molar refractivity (Wildman–Crippen MR) is 89.4 cm³/mol. The van der Waals surface area contributed by atoms with E-state index < -0.39 is 0 Å². The summed E-state index contributed by atoms with van der Waals surface area (Å²) in [6, 6.07) is 11.3. The summed E-state index contributed by atoms with van der Waals surface area (Å²) in [5.41, 5.74) is 7.44. The van der Waals surface area contributed by atoms with Gasteiger partial charge in [-0.05, 0) is 50.5 Å². The number of nitrogens with zero attached hydrogens (tertiary/aromatic N) is 1. The van der Waals surface area contributed by atoms with E-state index in [4.69, 9.17) is 5.73 Å². The lowest BCUT2D eigenvalue weighted by atomic mass is 9.85. The molecule has 0 aromatic heterocycles. The highest BCUT2D eigenvalue weighted by molar-refractivity contribution is 5.79. The number of aryl methyl sites for hydroxylation is 1. The lowest BCUT2D eigenvalue weighted by molar-refractivity contribution is -0.137. The van der Waals surface area contributed by atoms with Crippen LogP contribution in [0.2, 0.25) is 0 Å². The molecule has 0 bridgehead atoms. The Labute approximate surface area is 133 Å². The van der Waals surface area contributed by atoms with Crippen molar-refractivity contribution in [2.75, 3.05) is 6.54 Å². The second-order valence-corrected chi connectivity index (χ2v) is 6.98. The molecular weight excluding hydrogens is 272 g/mol. The van der Waals surface area contributed by atoms with Crippen molar-refractivity contribution in [2.45, 2.75) is 63.5 Å². The number of carbonyl (C=O) groups excluding carboxylic acids is 1. The van der Waals surface area contributed by atoms with Gasteiger partial charge >= 0.3 is 0 Å². The van der Waals surface area contributed by atoms with Crippen molar-refractivity contribution in [3.8, 4) is 0 Å². The number of carbonyl (C=O) groups is 1. The Morgan fingerprint density at radius 2 is 1.95 bits per heavy atom. The van der Waals surface area contributed by atoms with Crippen LogP contribution in [-0.4, -0.2) is 29.4 Å². The fourth-order valence-corrected chi connectivity index (χ4v) is 4.09. The summed E-state index contributed by atoms with van der Waals surface area (Å²) < 4.78 is 0. The first kappa shape index (κ1) is 15.5. The van der Waals surface area contributed by atoms with E-state index in [-0.39, 0.29) is 12.0 Å². The molecule has 1 saturated heterocycles. The standard InChI is InChI=1S/C19H28N2O/c20-17-9-4-8-16(14-17)19(22)21-13-5-10-18(21)12-11-15-6-2-1-3-7-15/h1-3,6-7,16-18H,4-5,8-14,20H2/t16-,17-,18+/m1/s1. The summed E-state index contributed by atoms with van der Waals surface area (Å²) in [5.74, 6) is 0.562. The summed E-state index contributed by atoms with van der Waals surface area (Å²) in [6.45, 7) is 0.948. The Hall–Kier alpha value is -1.35. The zero-order chi connectivity index (χ0) is 15.4. The molecule has 1 saturated carbocycles. The van der Waals surface area contributed by atoms with Gasteiger partial charge < -0.3 is 10.6 Å². The molecule has 120 valence electrons. The normalized spacial score (nSPS) is 28.8. The monoisotopic (exact) mass is 300 g/mol. The predicted octanol–water partition coefficient (Wildman–Crippen LogP) is 3.13. The summed E-state index contributed by atoms with van der Waals surface area (Å²) in [7, 11) is 0. The van der Waals surface area contributed by atoms with Gasteiger partial charge in [0.15, 0.2) is 0 Å². The molecule has 2 aliphatic rings. The first-order valence-electron chi connectivity index (χ1n) is 8.84. The summed E-state index contributed by atoms with van der Waals surface area (Å²) >= 11 is 0. The molecule has 1 amide bonds. The number of likely N-dealkylation sites (tertiary alicyclic amines) is 1. The highest BCUT2D eigenvalue weighted by Gasteiger charge is 2.34. The summed E-state index contributed by atoms with van der Waals surface area (Å²) in [4.78, 5) is 15.0. The number of benzene rings is 1. The molecule has 2 N–H and O–H groups in total. The molecule has 1 heterocycles. The minimum absolute atomic E-state index is 0.182. The molecular formula is C19H28N2O. The molecule has 1 aromatic carbocycles. The Morgan fingerprint density at radius 1 is 1.14 bits per heavy atom. The van der Waals surface area contributed by atoms with Crippen LogP contribution < -0.4 is 5.73 Å². The SMILES string of the molecule is N[C@@H]1CCC[C@@H](C(=O)N2CCC[C@H]2CCc2ccccc2)C1. The van der Waals surface area contributed by atoms with E-state index in [2.05, 4.69) is 35.2 Å². The Kier molecular flexibility index (Phi) is 5.14. The van der Waals surface area contributed by atoms with E-state index in [0.29, 0.717) is 11.9 Å². The maximum absolute atomic E-state index is 12.8. The first-order chi connectivity index (χ1) is 10.7. The molecule has 22 heavy (non-hydrogen) atoms. The van der Waals surface area contributed by atoms with Gasteiger partial charge in [0, 0.05) is 24.5 Å². The zero-order valence-electron chi connectivity index (χ0n) is 13.4. The van der Waals surface area contributed by atoms with Gasteiger partial charge in [-0.3, -0.25) is 4.79 Å². The van der Waals surface area contributed by atoms with Gasteiger partial charge in [-0.1, -0.05) is 36.8 Å². The van der Waals surface area contributed by atoms with Gasteiger partial charge in [0.25, 0.3) is 0 Å². The highest BCUT2D eigenvalue weighted by atomic mass is 16.2. The summed E-state index contributed by atoms with van der Waals surface area (Å²) in [5, 5.41) is 0. The van der Waals surface area contributed by atoms with Gasteiger partial charge in [-0.25, -0.2) is 0 Å². The van der Waals surface area contributed by atoms with E-state index in [1.807, 2.05) is 0 Å². The van der Waals surface area contributed by atoms with Crippen molar-refractivity contribution < 1.29 is 4.79 Å². The molecule has 3 heteroatoms. The fraction of sp³-hybridized carbons (Fsp3) is 0.632. The van der Waals surface area contributed by atoms with Gasteiger partial charge in [0.05, 0.1) is 0 Å². The van der Waals surface area contributed by atoms with Crippen LogP contribution in [0.3, 0.4) is 0 Å². The number of hydrogen-bond acceptors (Lipinski definition) is 2. The molecule has 1 aliphatic heterocycles. The largest absolute Gasteiger partial charge is 0.339 e. The Bertz CT molecular complexity index is 487. The van der Waals surface area contributed by atoms with Crippen molar-refractivity contribution in [1.29, 1.82) is 0 Å². The maximum Gasteiger partial charge on any atom is 0.225 e. The topological polar surface area (TPSA) is 46.3 Å². The number of hydrogen-bond donors (Lipinski definition) is 1. The maximum atomic E-state index is 12.8. The second-order valence-electron chi connectivity index (χ2n) is 6.98. The molecule has 3 nitrogen and oxygen atoms in total. The van der Waals surface area contributed by atoms with Crippen LogP contribution in [0.1, 0.15) is 50.5 Å². The van der Waals surface area contributed by atoms with Crippen LogP contribution >= 0.6 is 0 Å². The van der Waals surface area contributed by atoms with E-state index >= 15 is 0 Å². The molecule has 3 rings (SSSR count). The van der Waals surface area contributed by atoms with Crippen LogP contribution in [0.25, 0.3) is 0 Å². The average Bonchev–Trinajstić information content (AvgIpc) is 3.01. The van der Waals surface area contributed by atoms with Gasteiger partial charge in [-0.15, -0.1) is 0 Å². The van der Waals surface area contributed by atoms with E-state index in [1.165, 1.54) is 5.56 Å². The number of nitrogens with two attached hydrogens (primary N) is 1. The minimum Gasteiger partial charge on any atom is -0.339 e. The lowest BCUT2D eigenvalue weighted by Gasteiger charge is -2.32. The second kappa shape index (κ2) is 7.28. The van der Waals surface area contributed by atoms with Gasteiger partial charge in [0.2, 0.25) is 5.91 Å². The third-order valence-corrected chi connectivity index (χ3v) is 5.33. The van der Waals surface area contributed by atoms with E-state index in [9.17, 15) is 4.79 Å². The smallest absolute Gasteiger partial charge is 0.225 e. The molecule has 0 unspecified atom stereocenters. The third kappa shape index (κ3) is 3.70. The molecule has 1 aromatic rings. The zero-order valence-corrected chi connectivity index (χ0v) is 13.4. The molecule has 0 spiro atoms. The average molecular weight is 300 g/mol. The van der Waals surface area contributed by atoms with Crippen molar-refractivity contribution in [1.82, 2.24) is 4.90 Å². The van der Waals surface area contributed by atoms with Crippen LogP contribution in [0.5, 0.6) is 0 Å². The van der Waals surface area contributed by atoms with Crippen LogP contribution in [-0.2, 0) is 11.2 Å². The summed E-state index contributed by atoms with van der Waals surface area (Å²) in [6.07, 6.45) is 8.60. The lowest BCUT2D eigenvalue weighted by Crippen LogP contribution is -2.43. The Balaban J connectivity index is 1.56. The molecule has 3 atom stereocenters. The molecule has 0 radical (unpaired) electrons. The van der Waals surface area contributed by atoms with Gasteiger partial charge in [0.1, 0.15) is 0 Å². The van der Waals surface area contributed by atoms with Crippen LogP contribution in [0.15, 0.2) is 30.3 Å². The first-order valence-corrected chi connectivity index (χ1v) is 8.84. The number of amides is 1. The van der Waals surface area contributed by atoms with Crippen molar-refractivity contribution in [3.63, 3.8) is 0 Å². The van der Waals surface area contributed by atoms with Crippen molar-refractivity contribution in [3.05, 3.63) is 35.9 Å². The Morgan fingerprint density at radius 3 is 2.73 bits per heavy atom.